The second-order valence-corrected chi connectivity index (χ2v) is 5.84. The molecule has 0 unspecified atom stereocenters. The van der Waals surface area contributed by atoms with E-state index in [2.05, 4.69) is 26.0 Å². The molecule has 0 aliphatic heterocycles. The highest BCUT2D eigenvalue weighted by Crippen LogP contribution is 2.19. The molecule has 0 spiro atoms. The van der Waals surface area contributed by atoms with Crippen LogP contribution in [0.4, 0.5) is 11.4 Å². The SMILES string of the molecule is COC(=O)c1ccc(NC(=O)COC(=O)c2cc(Br)ccc2N)cc1. The lowest BCUT2D eigenvalue weighted by molar-refractivity contribution is -0.119. The number of anilines is 2. The first-order chi connectivity index (χ1) is 11.9. The highest BCUT2D eigenvalue weighted by molar-refractivity contribution is 9.10. The van der Waals surface area contributed by atoms with E-state index in [1.165, 1.54) is 37.4 Å². The van der Waals surface area contributed by atoms with Gasteiger partial charge in [-0.3, -0.25) is 4.79 Å². The monoisotopic (exact) mass is 406 g/mol. The summed E-state index contributed by atoms with van der Waals surface area (Å²) in [7, 11) is 1.28. The van der Waals surface area contributed by atoms with E-state index < -0.39 is 24.5 Å². The number of amides is 1. The largest absolute Gasteiger partial charge is 0.465 e. The van der Waals surface area contributed by atoms with Gasteiger partial charge in [0.1, 0.15) is 0 Å². The molecule has 2 rings (SSSR count). The molecular weight excluding hydrogens is 392 g/mol. The van der Waals surface area contributed by atoms with Crippen molar-refractivity contribution in [1.82, 2.24) is 0 Å². The van der Waals surface area contributed by atoms with Crippen molar-refractivity contribution in [3.05, 3.63) is 58.1 Å². The van der Waals surface area contributed by atoms with Crippen LogP contribution in [0.5, 0.6) is 0 Å². The number of carbonyl (C=O) groups excluding carboxylic acids is 3. The van der Waals surface area contributed by atoms with Crippen molar-refractivity contribution in [2.45, 2.75) is 0 Å². The summed E-state index contributed by atoms with van der Waals surface area (Å²) in [6.45, 7) is -0.469. The number of ether oxygens (including phenoxy) is 2. The van der Waals surface area contributed by atoms with Gasteiger partial charge < -0.3 is 20.5 Å². The lowest BCUT2D eigenvalue weighted by atomic mass is 10.2. The maximum atomic E-state index is 12.0. The zero-order valence-electron chi connectivity index (χ0n) is 13.2. The highest BCUT2D eigenvalue weighted by atomic mass is 79.9. The van der Waals surface area contributed by atoms with Crippen molar-refractivity contribution >= 4 is 45.2 Å². The van der Waals surface area contributed by atoms with Crippen LogP contribution in [0.2, 0.25) is 0 Å². The van der Waals surface area contributed by atoms with Gasteiger partial charge in [-0.1, -0.05) is 15.9 Å². The van der Waals surface area contributed by atoms with Crippen molar-refractivity contribution < 1.29 is 23.9 Å². The fourth-order valence-corrected chi connectivity index (χ4v) is 2.28. The summed E-state index contributed by atoms with van der Waals surface area (Å²) >= 11 is 3.23. The third kappa shape index (κ3) is 5.05. The fraction of sp³-hybridized carbons (Fsp3) is 0.118. The zero-order chi connectivity index (χ0) is 18.4. The normalized spacial score (nSPS) is 10.0. The quantitative estimate of drug-likeness (QED) is 0.583. The van der Waals surface area contributed by atoms with E-state index in [0.29, 0.717) is 15.7 Å². The van der Waals surface area contributed by atoms with Crippen molar-refractivity contribution in [2.75, 3.05) is 24.8 Å². The summed E-state index contributed by atoms with van der Waals surface area (Å²) in [6, 6.07) is 10.9. The number of carbonyl (C=O) groups is 3. The molecule has 0 fully saturated rings. The van der Waals surface area contributed by atoms with Crippen molar-refractivity contribution in [1.29, 1.82) is 0 Å². The van der Waals surface area contributed by atoms with E-state index in [9.17, 15) is 14.4 Å². The van der Waals surface area contributed by atoms with Crippen LogP contribution in [-0.4, -0.2) is 31.6 Å². The first-order valence-corrected chi connectivity index (χ1v) is 7.90. The van der Waals surface area contributed by atoms with Crippen LogP contribution in [0.1, 0.15) is 20.7 Å². The predicted octanol–water partition coefficient (Wildman–Crippen LogP) is 2.61. The summed E-state index contributed by atoms with van der Waals surface area (Å²) in [5, 5.41) is 2.55. The number of hydrogen-bond donors (Lipinski definition) is 2. The molecule has 0 radical (unpaired) electrons. The predicted molar refractivity (Wildman–Crippen MR) is 95.2 cm³/mol. The maximum absolute atomic E-state index is 12.0. The molecule has 8 heteroatoms. The Hall–Kier alpha value is -2.87. The molecule has 2 aromatic rings. The van der Waals surface area contributed by atoms with Gasteiger partial charge in [0.05, 0.1) is 18.2 Å². The molecule has 0 heterocycles. The van der Waals surface area contributed by atoms with Crippen LogP contribution < -0.4 is 11.1 Å². The lowest BCUT2D eigenvalue weighted by Gasteiger charge is -2.08. The Kier molecular flexibility index (Phi) is 6.13. The molecule has 0 saturated heterocycles. The minimum atomic E-state index is -0.699. The van der Waals surface area contributed by atoms with Gasteiger partial charge in [0, 0.05) is 15.8 Å². The van der Waals surface area contributed by atoms with Crippen LogP contribution in [0.3, 0.4) is 0 Å². The molecule has 25 heavy (non-hydrogen) atoms. The van der Waals surface area contributed by atoms with Gasteiger partial charge in [-0.2, -0.15) is 0 Å². The van der Waals surface area contributed by atoms with Crippen molar-refractivity contribution in [2.24, 2.45) is 0 Å². The molecule has 0 aliphatic carbocycles. The van der Waals surface area contributed by atoms with E-state index in [4.69, 9.17) is 10.5 Å². The van der Waals surface area contributed by atoms with Gasteiger partial charge in [0.2, 0.25) is 0 Å². The van der Waals surface area contributed by atoms with Crippen LogP contribution in [0.25, 0.3) is 0 Å². The van der Waals surface area contributed by atoms with Crippen molar-refractivity contribution in [3.8, 4) is 0 Å². The summed E-state index contributed by atoms with van der Waals surface area (Å²) in [5.41, 5.74) is 6.95. The Morgan fingerprint density at radius 3 is 2.40 bits per heavy atom. The standard InChI is InChI=1S/C17H15BrN2O5/c1-24-16(22)10-2-5-12(6-3-10)20-15(21)9-25-17(23)13-8-11(18)4-7-14(13)19/h2-8H,9,19H2,1H3,(H,20,21). The number of nitrogens with two attached hydrogens (primary N) is 1. The van der Waals surface area contributed by atoms with Crippen LogP contribution in [0.15, 0.2) is 46.9 Å². The smallest absolute Gasteiger partial charge is 0.340 e. The molecule has 0 atom stereocenters. The van der Waals surface area contributed by atoms with Crippen LogP contribution in [-0.2, 0) is 14.3 Å². The maximum Gasteiger partial charge on any atom is 0.340 e. The van der Waals surface area contributed by atoms with E-state index >= 15 is 0 Å². The number of benzene rings is 2. The minimum Gasteiger partial charge on any atom is -0.465 e. The second kappa shape index (κ2) is 8.29. The van der Waals surface area contributed by atoms with Crippen molar-refractivity contribution in [3.63, 3.8) is 0 Å². The third-order valence-corrected chi connectivity index (χ3v) is 3.65. The molecule has 0 aliphatic rings. The Morgan fingerprint density at radius 2 is 1.76 bits per heavy atom. The number of nitrogens with one attached hydrogen (secondary N) is 1. The summed E-state index contributed by atoms with van der Waals surface area (Å²) in [4.78, 5) is 35.2. The van der Waals surface area contributed by atoms with Gasteiger partial charge in [-0.15, -0.1) is 0 Å². The second-order valence-electron chi connectivity index (χ2n) is 4.92. The Morgan fingerprint density at radius 1 is 1.08 bits per heavy atom. The van der Waals surface area contributed by atoms with E-state index in [0.717, 1.165) is 0 Å². The molecule has 130 valence electrons. The molecule has 0 bridgehead atoms. The number of esters is 2. The van der Waals surface area contributed by atoms with Gasteiger partial charge in [-0.05, 0) is 42.5 Å². The number of methoxy groups -OCH3 is 1. The Bertz CT molecular complexity index is 805. The van der Waals surface area contributed by atoms with E-state index in [1.807, 2.05) is 0 Å². The van der Waals surface area contributed by atoms with E-state index in [-0.39, 0.29) is 11.3 Å². The zero-order valence-corrected chi connectivity index (χ0v) is 14.8. The molecule has 1 amide bonds. The third-order valence-electron chi connectivity index (χ3n) is 3.16. The first-order valence-electron chi connectivity index (χ1n) is 7.11. The summed E-state index contributed by atoms with van der Waals surface area (Å²) in [6.07, 6.45) is 0. The Labute approximate surface area is 152 Å². The topological polar surface area (TPSA) is 108 Å². The van der Waals surface area contributed by atoms with Gasteiger partial charge in [0.15, 0.2) is 6.61 Å². The first kappa shape index (κ1) is 18.5. The molecule has 2 aromatic carbocycles. The average Bonchev–Trinajstić information content (AvgIpc) is 2.61. The van der Waals surface area contributed by atoms with Crippen LogP contribution >= 0.6 is 15.9 Å². The summed E-state index contributed by atoms with van der Waals surface area (Å²) < 4.78 is 10.2. The van der Waals surface area contributed by atoms with Crippen LogP contribution in [0, 0.1) is 0 Å². The van der Waals surface area contributed by atoms with Gasteiger partial charge in [-0.25, -0.2) is 9.59 Å². The average molecular weight is 407 g/mol. The molecule has 0 aromatic heterocycles. The lowest BCUT2D eigenvalue weighted by Crippen LogP contribution is -2.21. The number of rotatable bonds is 5. The molecule has 0 saturated carbocycles. The number of hydrogen-bond acceptors (Lipinski definition) is 6. The minimum absolute atomic E-state index is 0.171. The fourth-order valence-electron chi connectivity index (χ4n) is 1.92. The Balaban J connectivity index is 1.91. The molecule has 3 N–H and O–H groups in total. The molecule has 7 nitrogen and oxygen atoms in total. The number of halogens is 1. The highest BCUT2D eigenvalue weighted by Gasteiger charge is 2.14. The van der Waals surface area contributed by atoms with Gasteiger partial charge >= 0.3 is 11.9 Å². The van der Waals surface area contributed by atoms with E-state index in [1.54, 1.807) is 12.1 Å². The van der Waals surface area contributed by atoms with Gasteiger partial charge in [0.25, 0.3) is 5.91 Å². The number of nitrogen functional groups attached to an aromatic ring is 1. The summed E-state index contributed by atoms with van der Waals surface area (Å²) in [5.74, 6) is -1.69. The molecular formula is C17H15BrN2O5.